The van der Waals surface area contributed by atoms with Crippen molar-refractivity contribution in [2.45, 2.75) is 17.3 Å². The molecule has 1 aliphatic rings. The maximum atomic E-state index is 6.05. The van der Waals surface area contributed by atoms with Crippen LogP contribution in [-0.4, -0.2) is 22.3 Å². The Morgan fingerprint density at radius 1 is 1.21 bits per heavy atom. The summed E-state index contributed by atoms with van der Waals surface area (Å²) in [6.07, 6.45) is 0.864. The third kappa shape index (κ3) is 2.63. The minimum Gasteiger partial charge on any atom is -0.296 e. The molecule has 1 saturated heterocycles. The predicted octanol–water partition coefficient (Wildman–Crippen LogP) is 3.07. The van der Waals surface area contributed by atoms with Gasteiger partial charge in [0.25, 0.3) is 0 Å². The van der Waals surface area contributed by atoms with Gasteiger partial charge in [0.05, 0.1) is 0 Å². The highest BCUT2D eigenvalue weighted by Crippen LogP contribution is 2.32. The normalized spacial score (nSPS) is 21.3. The average molecular weight is 230 g/mol. The first-order valence-electron chi connectivity index (χ1n) is 4.80. The van der Waals surface area contributed by atoms with E-state index in [0.717, 1.165) is 26.1 Å². The van der Waals surface area contributed by atoms with E-state index in [1.165, 1.54) is 5.56 Å². The van der Waals surface area contributed by atoms with E-state index in [2.05, 4.69) is 29.2 Å². The fourth-order valence-corrected chi connectivity index (χ4v) is 2.29. The van der Waals surface area contributed by atoms with Crippen LogP contribution in [0.15, 0.2) is 30.3 Å². The lowest BCUT2D eigenvalue weighted by atomic mass is 10.2. The van der Waals surface area contributed by atoms with E-state index >= 15 is 0 Å². The van der Waals surface area contributed by atoms with Gasteiger partial charge in [-0.3, -0.25) is 4.90 Å². The molecule has 1 aromatic rings. The van der Waals surface area contributed by atoms with E-state index < -0.39 is 4.33 Å². The van der Waals surface area contributed by atoms with Crippen LogP contribution in [0, 0.1) is 0 Å². The highest BCUT2D eigenvalue weighted by atomic mass is 35.5. The second-order valence-corrected chi connectivity index (χ2v) is 5.44. The zero-order valence-corrected chi connectivity index (χ0v) is 9.43. The van der Waals surface area contributed by atoms with E-state index in [4.69, 9.17) is 23.2 Å². The van der Waals surface area contributed by atoms with Crippen LogP contribution in [0.25, 0.3) is 0 Å². The number of likely N-dealkylation sites (tertiary alicyclic amines) is 1. The number of hydrogen-bond acceptors (Lipinski definition) is 1. The molecule has 14 heavy (non-hydrogen) atoms. The standard InChI is InChI=1S/C11H13Cl2N/c12-11(13)6-7-14(9-11)8-10-4-2-1-3-5-10/h1-5H,6-9H2. The van der Waals surface area contributed by atoms with Crippen molar-refractivity contribution in [3.8, 4) is 0 Å². The molecule has 0 bridgehead atoms. The van der Waals surface area contributed by atoms with Crippen LogP contribution in [0.1, 0.15) is 12.0 Å². The zero-order chi connectivity index (χ0) is 10.0. The Bertz CT molecular complexity index is 297. The zero-order valence-electron chi connectivity index (χ0n) is 7.92. The molecule has 0 N–H and O–H groups in total. The van der Waals surface area contributed by atoms with Crippen molar-refractivity contribution in [3.05, 3.63) is 35.9 Å². The SMILES string of the molecule is ClC1(Cl)CCN(Cc2ccccc2)C1. The van der Waals surface area contributed by atoms with Crippen LogP contribution in [-0.2, 0) is 6.54 Å². The molecule has 2 rings (SSSR count). The average Bonchev–Trinajstić information content (AvgIpc) is 2.47. The highest BCUT2D eigenvalue weighted by molar-refractivity contribution is 6.48. The van der Waals surface area contributed by atoms with Gasteiger partial charge in [0.15, 0.2) is 0 Å². The molecule has 0 unspecified atom stereocenters. The van der Waals surface area contributed by atoms with Crippen molar-refractivity contribution in [1.82, 2.24) is 4.90 Å². The summed E-state index contributed by atoms with van der Waals surface area (Å²) in [6, 6.07) is 10.4. The summed E-state index contributed by atoms with van der Waals surface area (Å²) in [4.78, 5) is 2.29. The molecule has 0 spiro atoms. The van der Waals surface area contributed by atoms with Crippen LogP contribution in [0.3, 0.4) is 0 Å². The Hall–Kier alpha value is -0.240. The molecule has 3 heteroatoms. The van der Waals surface area contributed by atoms with Crippen LogP contribution in [0.4, 0.5) is 0 Å². The Morgan fingerprint density at radius 2 is 1.93 bits per heavy atom. The summed E-state index contributed by atoms with van der Waals surface area (Å²) in [5.41, 5.74) is 1.32. The number of hydrogen-bond donors (Lipinski definition) is 0. The monoisotopic (exact) mass is 229 g/mol. The maximum absolute atomic E-state index is 6.05. The van der Waals surface area contributed by atoms with Gasteiger partial charge in [0, 0.05) is 19.6 Å². The van der Waals surface area contributed by atoms with Gasteiger partial charge in [-0.05, 0) is 12.0 Å². The summed E-state index contributed by atoms with van der Waals surface area (Å²) in [5, 5.41) is 0. The molecule has 1 nitrogen and oxygen atoms in total. The summed E-state index contributed by atoms with van der Waals surface area (Å²) in [5.74, 6) is 0. The van der Waals surface area contributed by atoms with Gasteiger partial charge in [0.1, 0.15) is 4.33 Å². The van der Waals surface area contributed by atoms with E-state index in [1.807, 2.05) is 6.07 Å². The predicted molar refractivity (Wildman–Crippen MR) is 60.8 cm³/mol. The third-order valence-corrected chi connectivity index (χ3v) is 3.11. The molecule has 0 atom stereocenters. The first kappa shape index (κ1) is 10.3. The molecule has 0 saturated carbocycles. The van der Waals surface area contributed by atoms with Crippen LogP contribution in [0.5, 0.6) is 0 Å². The van der Waals surface area contributed by atoms with Crippen molar-refractivity contribution < 1.29 is 0 Å². The second-order valence-electron chi connectivity index (χ2n) is 3.80. The highest BCUT2D eigenvalue weighted by Gasteiger charge is 2.33. The molecular formula is C11H13Cl2N. The summed E-state index contributed by atoms with van der Waals surface area (Å²) in [6.45, 7) is 2.70. The van der Waals surface area contributed by atoms with Crippen LogP contribution < -0.4 is 0 Å². The van der Waals surface area contributed by atoms with Crippen LogP contribution >= 0.6 is 23.2 Å². The smallest absolute Gasteiger partial charge is 0.132 e. The third-order valence-electron chi connectivity index (χ3n) is 2.50. The first-order chi connectivity index (χ1) is 6.66. The fraction of sp³-hybridized carbons (Fsp3) is 0.455. The first-order valence-corrected chi connectivity index (χ1v) is 5.55. The number of benzene rings is 1. The van der Waals surface area contributed by atoms with Crippen molar-refractivity contribution in [3.63, 3.8) is 0 Å². The lowest BCUT2D eigenvalue weighted by Crippen LogP contribution is -2.23. The molecule has 1 aliphatic heterocycles. The van der Waals surface area contributed by atoms with E-state index in [9.17, 15) is 0 Å². The molecule has 0 amide bonds. The number of nitrogens with zero attached hydrogens (tertiary/aromatic N) is 1. The maximum Gasteiger partial charge on any atom is 0.132 e. The molecule has 76 valence electrons. The lowest BCUT2D eigenvalue weighted by molar-refractivity contribution is 0.329. The molecule has 1 heterocycles. The van der Waals surface area contributed by atoms with Gasteiger partial charge in [-0.25, -0.2) is 0 Å². The topological polar surface area (TPSA) is 3.24 Å². The molecule has 0 aromatic heterocycles. The van der Waals surface area contributed by atoms with Gasteiger partial charge in [-0.15, -0.1) is 23.2 Å². The van der Waals surface area contributed by atoms with Gasteiger partial charge < -0.3 is 0 Å². The molecule has 0 aliphatic carbocycles. The summed E-state index contributed by atoms with van der Waals surface area (Å²) in [7, 11) is 0. The minimum absolute atomic E-state index is 0.533. The minimum atomic E-state index is -0.533. The van der Waals surface area contributed by atoms with Crippen molar-refractivity contribution in [1.29, 1.82) is 0 Å². The number of rotatable bonds is 2. The lowest BCUT2D eigenvalue weighted by Gasteiger charge is -2.16. The quantitative estimate of drug-likeness (QED) is 0.706. The van der Waals surface area contributed by atoms with E-state index in [0.29, 0.717) is 0 Å². The molecule has 1 aromatic carbocycles. The van der Waals surface area contributed by atoms with E-state index in [-0.39, 0.29) is 0 Å². The molecule has 1 fully saturated rings. The van der Waals surface area contributed by atoms with Crippen molar-refractivity contribution in [2.75, 3.05) is 13.1 Å². The Kier molecular flexibility index (Phi) is 3.01. The summed E-state index contributed by atoms with van der Waals surface area (Å²) >= 11 is 12.1. The Balaban J connectivity index is 1.94. The largest absolute Gasteiger partial charge is 0.296 e. The van der Waals surface area contributed by atoms with Gasteiger partial charge in [-0.2, -0.15) is 0 Å². The molecule has 0 radical (unpaired) electrons. The van der Waals surface area contributed by atoms with Gasteiger partial charge >= 0.3 is 0 Å². The van der Waals surface area contributed by atoms with Crippen molar-refractivity contribution >= 4 is 23.2 Å². The van der Waals surface area contributed by atoms with Gasteiger partial charge in [-0.1, -0.05) is 30.3 Å². The van der Waals surface area contributed by atoms with Crippen molar-refractivity contribution in [2.24, 2.45) is 0 Å². The van der Waals surface area contributed by atoms with Crippen LogP contribution in [0.2, 0.25) is 0 Å². The summed E-state index contributed by atoms with van der Waals surface area (Å²) < 4.78 is -0.533. The number of alkyl halides is 2. The Morgan fingerprint density at radius 3 is 2.50 bits per heavy atom. The number of halogens is 2. The molecular weight excluding hydrogens is 217 g/mol. The second kappa shape index (κ2) is 4.09. The van der Waals surface area contributed by atoms with Gasteiger partial charge in [0.2, 0.25) is 0 Å². The van der Waals surface area contributed by atoms with E-state index in [1.54, 1.807) is 0 Å². The fourth-order valence-electron chi connectivity index (χ4n) is 1.78. The Labute approximate surface area is 94.6 Å².